The van der Waals surface area contributed by atoms with Crippen LogP contribution in [0.2, 0.25) is 0 Å². The molecule has 1 aromatic heterocycles. The SMILES string of the molecule is Cc1nn(-c2ccccc2)c(N/N=C/c2ccc3c(c2[N+](=O)[O-])OCO3)c1[N+](=O)[O-]. The van der Waals surface area contributed by atoms with E-state index in [4.69, 9.17) is 9.47 Å². The Labute approximate surface area is 168 Å². The van der Waals surface area contributed by atoms with E-state index < -0.39 is 9.85 Å². The molecule has 0 saturated carbocycles. The van der Waals surface area contributed by atoms with Crippen LogP contribution in [0.15, 0.2) is 47.6 Å². The molecular weight excluding hydrogens is 396 g/mol. The fourth-order valence-electron chi connectivity index (χ4n) is 3.02. The molecule has 30 heavy (non-hydrogen) atoms. The lowest BCUT2D eigenvalue weighted by Gasteiger charge is -2.06. The molecule has 1 aliphatic heterocycles. The summed E-state index contributed by atoms with van der Waals surface area (Å²) in [7, 11) is 0. The molecule has 12 nitrogen and oxygen atoms in total. The molecule has 0 bridgehead atoms. The summed E-state index contributed by atoms with van der Waals surface area (Å²) in [5.74, 6) is 0.295. The molecule has 0 unspecified atom stereocenters. The highest BCUT2D eigenvalue weighted by molar-refractivity contribution is 5.89. The van der Waals surface area contributed by atoms with Gasteiger partial charge in [0.05, 0.1) is 27.3 Å². The Hall–Kier alpha value is -4.48. The lowest BCUT2D eigenvalue weighted by Crippen LogP contribution is -2.04. The van der Waals surface area contributed by atoms with E-state index in [-0.39, 0.29) is 46.7 Å². The van der Waals surface area contributed by atoms with Crippen molar-refractivity contribution in [3.63, 3.8) is 0 Å². The fraction of sp³-hybridized carbons (Fsp3) is 0.111. The first kappa shape index (κ1) is 18.9. The number of nitrogens with one attached hydrogen (secondary N) is 1. The summed E-state index contributed by atoms with van der Waals surface area (Å²) in [4.78, 5) is 21.8. The number of para-hydroxylation sites is 1. The van der Waals surface area contributed by atoms with Crippen LogP contribution in [-0.2, 0) is 0 Å². The van der Waals surface area contributed by atoms with Gasteiger partial charge in [0.2, 0.25) is 18.4 Å². The minimum atomic E-state index is -0.602. The van der Waals surface area contributed by atoms with Crippen LogP contribution in [-0.4, -0.2) is 32.6 Å². The summed E-state index contributed by atoms with van der Waals surface area (Å²) < 4.78 is 11.7. The van der Waals surface area contributed by atoms with E-state index in [1.165, 1.54) is 30.0 Å². The quantitative estimate of drug-likeness (QED) is 0.370. The van der Waals surface area contributed by atoms with Gasteiger partial charge in [-0.2, -0.15) is 10.2 Å². The molecule has 0 atom stereocenters. The highest BCUT2D eigenvalue weighted by atomic mass is 16.7. The van der Waals surface area contributed by atoms with Crippen LogP contribution in [0.1, 0.15) is 11.3 Å². The number of hydrogen-bond acceptors (Lipinski definition) is 9. The molecule has 1 aliphatic rings. The first-order valence-corrected chi connectivity index (χ1v) is 8.63. The van der Waals surface area contributed by atoms with Crippen molar-refractivity contribution in [1.82, 2.24) is 9.78 Å². The van der Waals surface area contributed by atoms with E-state index in [9.17, 15) is 20.2 Å². The maximum absolute atomic E-state index is 11.5. The Morgan fingerprint density at radius 1 is 1.10 bits per heavy atom. The van der Waals surface area contributed by atoms with Crippen LogP contribution in [0.4, 0.5) is 17.2 Å². The summed E-state index contributed by atoms with van der Waals surface area (Å²) in [5.41, 5.74) is 2.95. The van der Waals surface area contributed by atoms with Crippen LogP contribution < -0.4 is 14.9 Å². The lowest BCUT2D eigenvalue weighted by molar-refractivity contribution is -0.385. The normalized spacial score (nSPS) is 12.3. The second-order valence-electron chi connectivity index (χ2n) is 6.15. The molecule has 4 rings (SSSR count). The van der Waals surface area contributed by atoms with E-state index in [1.807, 2.05) is 0 Å². The zero-order chi connectivity index (χ0) is 21.3. The van der Waals surface area contributed by atoms with Crippen LogP contribution in [0.5, 0.6) is 11.5 Å². The number of nitro groups is 2. The minimum absolute atomic E-state index is 0.0140. The third kappa shape index (κ3) is 3.26. The van der Waals surface area contributed by atoms with E-state index in [0.29, 0.717) is 5.69 Å². The molecule has 2 heterocycles. The number of ether oxygens (including phenoxy) is 2. The predicted octanol–water partition coefficient (Wildman–Crippen LogP) is 3.17. The number of fused-ring (bicyclic) bond motifs is 1. The summed E-state index contributed by atoms with van der Waals surface area (Å²) in [6, 6.07) is 11.8. The van der Waals surface area contributed by atoms with Crippen molar-refractivity contribution in [2.75, 3.05) is 12.2 Å². The van der Waals surface area contributed by atoms with Crippen molar-refractivity contribution in [3.05, 3.63) is 74.0 Å². The molecule has 0 saturated heterocycles. The van der Waals surface area contributed by atoms with Gasteiger partial charge in [-0.05, 0) is 31.2 Å². The zero-order valence-electron chi connectivity index (χ0n) is 15.5. The molecule has 0 aliphatic carbocycles. The van der Waals surface area contributed by atoms with Crippen LogP contribution in [0, 0.1) is 27.2 Å². The number of benzene rings is 2. The van der Waals surface area contributed by atoms with Gasteiger partial charge in [-0.15, -0.1) is 0 Å². The summed E-state index contributed by atoms with van der Waals surface area (Å²) >= 11 is 0. The second-order valence-corrected chi connectivity index (χ2v) is 6.15. The van der Waals surface area contributed by atoms with Crippen molar-refractivity contribution in [2.45, 2.75) is 6.92 Å². The molecule has 0 spiro atoms. The third-order valence-corrected chi connectivity index (χ3v) is 4.31. The van der Waals surface area contributed by atoms with Crippen molar-refractivity contribution >= 4 is 23.4 Å². The van der Waals surface area contributed by atoms with Gasteiger partial charge in [0.15, 0.2) is 5.75 Å². The van der Waals surface area contributed by atoms with Crippen LogP contribution in [0.3, 0.4) is 0 Å². The number of nitrogens with zero attached hydrogens (tertiary/aromatic N) is 5. The van der Waals surface area contributed by atoms with Crippen molar-refractivity contribution in [1.29, 1.82) is 0 Å². The van der Waals surface area contributed by atoms with Gasteiger partial charge >= 0.3 is 11.4 Å². The second kappa shape index (κ2) is 7.50. The first-order chi connectivity index (χ1) is 14.5. The summed E-state index contributed by atoms with van der Waals surface area (Å²) in [6.45, 7) is 1.39. The number of rotatable bonds is 6. The average molecular weight is 410 g/mol. The van der Waals surface area contributed by atoms with Gasteiger partial charge in [0.25, 0.3) is 0 Å². The van der Waals surface area contributed by atoms with E-state index in [1.54, 1.807) is 30.3 Å². The molecule has 2 aromatic carbocycles. The van der Waals surface area contributed by atoms with Crippen LogP contribution in [0.25, 0.3) is 5.69 Å². The Morgan fingerprint density at radius 2 is 1.83 bits per heavy atom. The molecule has 3 aromatic rings. The van der Waals surface area contributed by atoms with Gasteiger partial charge in [-0.25, -0.2) is 4.68 Å². The van der Waals surface area contributed by atoms with Gasteiger partial charge in [0.1, 0.15) is 5.69 Å². The average Bonchev–Trinajstić information content (AvgIpc) is 3.32. The predicted molar refractivity (Wildman–Crippen MR) is 105 cm³/mol. The van der Waals surface area contributed by atoms with Crippen molar-refractivity contribution < 1.29 is 19.3 Å². The van der Waals surface area contributed by atoms with Gasteiger partial charge in [-0.3, -0.25) is 25.7 Å². The Kier molecular flexibility index (Phi) is 4.72. The van der Waals surface area contributed by atoms with Crippen molar-refractivity contribution in [3.8, 4) is 17.2 Å². The smallest absolute Gasteiger partial charge is 0.335 e. The Morgan fingerprint density at radius 3 is 2.53 bits per heavy atom. The van der Waals surface area contributed by atoms with E-state index in [0.717, 1.165) is 0 Å². The molecule has 1 N–H and O–H groups in total. The number of aromatic nitrogens is 2. The Balaban J connectivity index is 1.72. The molecular formula is C18H14N6O6. The maximum Gasteiger partial charge on any atom is 0.335 e. The Bertz CT molecular complexity index is 1170. The minimum Gasteiger partial charge on any atom is -0.453 e. The largest absolute Gasteiger partial charge is 0.453 e. The topological polar surface area (TPSA) is 147 Å². The number of hydrogen-bond donors (Lipinski definition) is 1. The van der Waals surface area contributed by atoms with Gasteiger partial charge in [0, 0.05) is 0 Å². The monoisotopic (exact) mass is 410 g/mol. The third-order valence-electron chi connectivity index (χ3n) is 4.31. The number of nitro benzene ring substituents is 1. The molecule has 12 heteroatoms. The lowest BCUT2D eigenvalue weighted by atomic mass is 10.1. The first-order valence-electron chi connectivity index (χ1n) is 8.63. The number of hydrazone groups is 1. The highest BCUT2D eigenvalue weighted by Gasteiger charge is 2.29. The van der Waals surface area contributed by atoms with Crippen LogP contribution >= 0.6 is 0 Å². The number of aryl methyl sites for hydroxylation is 1. The summed E-state index contributed by atoms with van der Waals surface area (Å²) in [6.07, 6.45) is 1.18. The molecule has 152 valence electrons. The highest BCUT2D eigenvalue weighted by Crippen LogP contribution is 2.42. The van der Waals surface area contributed by atoms with Gasteiger partial charge in [-0.1, -0.05) is 18.2 Å². The van der Waals surface area contributed by atoms with E-state index in [2.05, 4.69) is 15.6 Å². The van der Waals surface area contributed by atoms with Crippen molar-refractivity contribution in [2.24, 2.45) is 5.10 Å². The molecule has 0 fully saturated rings. The number of anilines is 1. The standard InChI is InChI=1S/C18H14N6O6/c1-11-15(23(25)26)18(22(21-11)13-5-3-2-4-6-13)20-19-9-12-7-8-14-17(30-10-29-14)16(12)24(27)28/h2-9,20H,10H2,1H3/b19-9+. The fourth-order valence-corrected chi connectivity index (χ4v) is 3.02. The molecule has 0 radical (unpaired) electrons. The summed E-state index contributed by atoms with van der Waals surface area (Å²) in [5, 5.41) is 31.2. The molecule has 0 amide bonds. The van der Waals surface area contributed by atoms with E-state index >= 15 is 0 Å². The van der Waals surface area contributed by atoms with Gasteiger partial charge < -0.3 is 9.47 Å². The zero-order valence-corrected chi connectivity index (χ0v) is 15.5. The maximum atomic E-state index is 11.5.